The summed E-state index contributed by atoms with van der Waals surface area (Å²) in [6.45, 7) is 4.82. The first-order valence-electron chi connectivity index (χ1n) is 11.8. The molecule has 14 heteroatoms. The molecule has 0 bridgehead atoms. The van der Waals surface area contributed by atoms with E-state index in [2.05, 4.69) is 25.6 Å². The molecular weight excluding hydrogens is 562 g/mol. The zero-order valence-corrected chi connectivity index (χ0v) is 23.1. The smallest absolute Gasteiger partial charge is 0.328 e. The Morgan fingerprint density at radius 2 is 1.75 bits per heavy atom. The number of anilines is 1. The number of carbonyl (C=O) groups excluding carboxylic acids is 2. The van der Waals surface area contributed by atoms with E-state index in [1.807, 2.05) is 26.0 Å². The average molecular weight is 588 g/mol. The van der Waals surface area contributed by atoms with Crippen LogP contribution >= 0.6 is 23.4 Å². The average Bonchev–Trinajstić information content (AvgIpc) is 3.18. The predicted molar refractivity (Wildman–Crippen MR) is 152 cm³/mol. The molecule has 0 saturated carbocycles. The number of carboxylic acid groups (broad SMARTS) is 1. The Balaban J connectivity index is 0.00000103. The normalized spacial score (nSPS) is 16.1. The van der Waals surface area contributed by atoms with Gasteiger partial charge in [-0.05, 0) is 37.1 Å². The van der Waals surface area contributed by atoms with Gasteiger partial charge in [0, 0.05) is 24.1 Å². The van der Waals surface area contributed by atoms with Gasteiger partial charge in [0.1, 0.15) is 16.9 Å². The van der Waals surface area contributed by atoms with Crippen molar-refractivity contribution in [1.29, 1.82) is 0 Å². The predicted octanol–water partition coefficient (Wildman–Crippen LogP) is 2.84. The summed E-state index contributed by atoms with van der Waals surface area (Å²) in [6, 6.07) is 11.2. The Labute approximate surface area is 236 Å². The van der Waals surface area contributed by atoms with Crippen molar-refractivity contribution in [3.8, 4) is 5.88 Å². The molecule has 1 fully saturated rings. The van der Waals surface area contributed by atoms with E-state index in [1.54, 1.807) is 30.3 Å². The molecule has 2 heterocycles. The fourth-order valence-electron chi connectivity index (χ4n) is 3.56. The molecule has 210 valence electrons. The zero-order valence-electron chi connectivity index (χ0n) is 21.6. The number of benzene rings is 2. The molecule has 1 aliphatic heterocycles. The molecule has 12 nitrogen and oxygen atoms in total. The molecule has 3 aromatic rings. The zero-order chi connectivity index (χ0) is 29.6. The monoisotopic (exact) mass is 587 g/mol. The number of hydrogen-bond donors (Lipinski definition) is 6. The van der Waals surface area contributed by atoms with Crippen molar-refractivity contribution in [1.82, 2.24) is 15.3 Å². The lowest BCUT2D eigenvalue weighted by molar-refractivity contribution is -0.134. The van der Waals surface area contributed by atoms with E-state index in [0.717, 1.165) is 29.8 Å². The SMILES string of the molecule is CC(=O)O.Cc1ccc(C(N=C2NC(=O)C(CC(=O)Nc3ccc(C)c(Cl)c3)S2)c2c(O)[nH]c(=O)[nH]c2=O)cc1. The molecular formula is C26H26ClN5O7S. The summed E-state index contributed by atoms with van der Waals surface area (Å²) in [5, 5.41) is 23.0. The largest absolute Gasteiger partial charge is 0.494 e. The number of aliphatic imine (C=N–C) groups is 1. The van der Waals surface area contributed by atoms with Crippen LogP contribution < -0.4 is 21.9 Å². The molecule has 1 aliphatic rings. The van der Waals surface area contributed by atoms with Gasteiger partial charge in [0.25, 0.3) is 11.5 Å². The molecule has 1 aromatic heterocycles. The minimum atomic E-state index is -1.03. The lowest BCUT2D eigenvalue weighted by Crippen LogP contribution is -2.29. The second kappa shape index (κ2) is 13.1. The van der Waals surface area contributed by atoms with Crippen molar-refractivity contribution in [3.05, 3.63) is 90.6 Å². The van der Waals surface area contributed by atoms with Crippen LogP contribution in [0.5, 0.6) is 5.88 Å². The maximum Gasteiger partial charge on any atom is 0.328 e. The van der Waals surface area contributed by atoms with Crippen LogP contribution in [0.25, 0.3) is 0 Å². The number of nitrogens with zero attached hydrogens (tertiary/aromatic N) is 1. The number of aromatic hydroxyl groups is 1. The number of amidine groups is 1. The second-order valence-corrected chi connectivity index (χ2v) is 10.3. The number of carbonyl (C=O) groups is 3. The summed E-state index contributed by atoms with van der Waals surface area (Å²) >= 11 is 7.14. The van der Waals surface area contributed by atoms with Gasteiger partial charge in [-0.25, -0.2) is 9.79 Å². The van der Waals surface area contributed by atoms with Gasteiger partial charge >= 0.3 is 5.69 Å². The fourth-order valence-corrected chi connectivity index (χ4v) is 4.74. The topological polar surface area (TPSA) is 194 Å². The van der Waals surface area contributed by atoms with Gasteiger partial charge in [-0.2, -0.15) is 0 Å². The summed E-state index contributed by atoms with van der Waals surface area (Å²) in [4.78, 5) is 67.0. The maximum absolute atomic E-state index is 12.6. The summed E-state index contributed by atoms with van der Waals surface area (Å²) in [6.07, 6.45) is -0.124. The molecule has 2 unspecified atom stereocenters. The van der Waals surface area contributed by atoms with Crippen LogP contribution in [-0.4, -0.2) is 48.4 Å². The minimum absolute atomic E-state index is 0.124. The van der Waals surface area contributed by atoms with Crippen LogP contribution in [0.3, 0.4) is 0 Å². The van der Waals surface area contributed by atoms with Crippen LogP contribution in [0.2, 0.25) is 5.02 Å². The highest BCUT2D eigenvalue weighted by Crippen LogP contribution is 2.32. The van der Waals surface area contributed by atoms with Crippen molar-refractivity contribution >= 4 is 52.0 Å². The summed E-state index contributed by atoms with van der Waals surface area (Å²) in [7, 11) is 0. The number of amides is 2. The highest BCUT2D eigenvalue weighted by molar-refractivity contribution is 8.15. The molecule has 0 aliphatic carbocycles. The maximum atomic E-state index is 12.6. The number of hydrogen-bond acceptors (Lipinski definition) is 8. The van der Waals surface area contributed by atoms with Gasteiger partial charge in [0.15, 0.2) is 5.17 Å². The summed E-state index contributed by atoms with van der Waals surface area (Å²) < 4.78 is 0. The number of rotatable bonds is 6. The first kappa shape index (κ1) is 30.2. The van der Waals surface area contributed by atoms with Crippen molar-refractivity contribution in [2.75, 3.05) is 5.32 Å². The number of thioether (sulfide) groups is 1. The minimum Gasteiger partial charge on any atom is -0.494 e. The van der Waals surface area contributed by atoms with E-state index in [9.17, 15) is 24.3 Å². The first-order valence-corrected chi connectivity index (χ1v) is 13.0. The Bertz CT molecular complexity index is 1580. The molecule has 6 N–H and O–H groups in total. The second-order valence-electron chi connectivity index (χ2n) is 8.75. The van der Waals surface area contributed by atoms with Crippen LogP contribution in [-0.2, 0) is 14.4 Å². The first-order chi connectivity index (χ1) is 18.8. The highest BCUT2D eigenvalue weighted by Gasteiger charge is 2.33. The fraction of sp³-hybridized carbons (Fsp3) is 0.231. The third-order valence-corrected chi connectivity index (χ3v) is 6.98. The van der Waals surface area contributed by atoms with Crippen molar-refractivity contribution in [2.45, 2.75) is 38.5 Å². The van der Waals surface area contributed by atoms with E-state index < -0.39 is 40.3 Å². The standard InChI is InChI=1S/C24H22ClN5O5S.C2H4O2/c1-11-3-6-13(7-4-11)19(18-21(33)28-23(35)29-22(18)34)27-24-30-20(32)16(36-24)10-17(31)26-14-8-5-12(2)15(25)9-14;1-2(3)4/h3-9,16,19H,10H2,1-2H3,(H,26,31)(H,27,30,32)(H3,28,29,33,34,35);1H3,(H,3,4). The number of halogens is 1. The number of aromatic nitrogens is 2. The van der Waals surface area contributed by atoms with Crippen LogP contribution in [0.1, 0.15) is 41.6 Å². The third kappa shape index (κ3) is 8.07. The Morgan fingerprint density at radius 1 is 1.10 bits per heavy atom. The van der Waals surface area contributed by atoms with Crippen molar-refractivity contribution < 1.29 is 24.6 Å². The van der Waals surface area contributed by atoms with Crippen molar-refractivity contribution in [2.24, 2.45) is 4.99 Å². The molecule has 2 amide bonds. The number of carboxylic acids is 1. The molecule has 40 heavy (non-hydrogen) atoms. The molecule has 2 atom stereocenters. The number of aliphatic carboxylic acids is 1. The van der Waals surface area contributed by atoms with E-state index in [-0.39, 0.29) is 23.1 Å². The van der Waals surface area contributed by atoms with Crippen LogP contribution in [0.4, 0.5) is 5.69 Å². The Kier molecular flexibility index (Phi) is 9.91. The number of aromatic amines is 2. The third-order valence-electron chi connectivity index (χ3n) is 5.47. The molecule has 1 saturated heterocycles. The van der Waals surface area contributed by atoms with Gasteiger partial charge in [-0.15, -0.1) is 0 Å². The summed E-state index contributed by atoms with van der Waals surface area (Å²) in [5.41, 5.74) is 1.05. The van der Waals surface area contributed by atoms with Crippen LogP contribution in [0.15, 0.2) is 57.0 Å². The lowest BCUT2D eigenvalue weighted by Gasteiger charge is -2.15. The van der Waals surface area contributed by atoms with E-state index in [0.29, 0.717) is 16.3 Å². The lowest BCUT2D eigenvalue weighted by atomic mass is 10.00. The van der Waals surface area contributed by atoms with E-state index >= 15 is 0 Å². The molecule has 0 spiro atoms. The highest BCUT2D eigenvalue weighted by atomic mass is 35.5. The van der Waals surface area contributed by atoms with Crippen LogP contribution in [0, 0.1) is 13.8 Å². The number of aryl methyl sites for hydroxylation is 2. The quantitative estimate of drug-likeness (QED) is 0.253. The van der Waals surface area contributed by atoms with Gasteiger partial charge in [-0.1, -0.05) is 59.3 Å². The van der Waals surface area contributed by atoms with Crippen molar-refractivity contribution in [3.63, 3.8) is 0 Å². The van der Waals surface area contributed by atoms with Gasteiger partial charge < -0.3 is 20.8 Å². The molecule has 4 rings (SSSR count). The Hall–Kier alpha value is -4.36. The van der Waals surface area contributed by atoms with Gasteiger partial charge in [0.05, 0.1) is 0 Å². The van der Waals surface area contributed by atoms with Gasteiger partial charge in [0.2, 0.25) is 17.7 Å². The van der Waals surface area contributed by atoms with Gasteiger partial charge in [-0.3, -0.25) is 29.1 Å². The molecule has 2 aromatic carbocycles. The molecule has 0 radical (unpaired) electrons. The Morgan fingerprint density at radius 3 is 2.35 bits per heavy atom. The number of nitrogens with one attached hydrogen (secondary N) is 4. The van der Waals surface area contributed by atoms with E-state index in [1.165, 1.54) is 0 Å². The number of H-pyrrole nitrogens is 2. The van der Waals surface area contributed by atoms with E-state index in [4.69, 9.17) is 21.5 Å². The summed E-state index contributed by atoms with van der Waals surface area (Å²) in [5.74, 6) is -2.26.